The molecule has 0 spiro atoms. The molecule has 4 nitrogen and oxygen atoms in total. The second-order valence-corrected chi connectivity index (χ2v) is 8.93. The lowest BCUT2D eigenvalue weighted by Gasteiger charge is -2.19. The highest BCUT2D eigenvalue weighted by Gasteiger charge is 2.30. The van der Waals surface area contributed by atoms with Gasteiger partial charge in [-0.25, -0.2) is 0 Å². The van der Waals surface area contributed by atoms with Crippen molar-refractivity contribution >= 4 is 17.5 Å². The van der Waals surface area contributed by atoms with Crippen LogP contribution in [0.4, 0.5) is 0 Å². The van der Waals surface area contributed by atoms with E-state index in [9.17, 15) is 4.79 Å². The Kier molecular flexibility index (Phi) is 4.56. The largest absolute Gasteiger partial charge is 0.309 e. The molecule has 128 valence electrons. The summed E-state index contributed by atoms with van der Waals surface area (Å²) >= 11 is 1.49. The van der Waals surface area contributed by atoms with Crippen LogP contribution in [0.5, 0.6) is 0 Å². The van der Waals surface area contributed by atoms with Crippen molar-refractivity contribution in [3.05, 3.63) is 41.2 Å². The predicted octanol–water partition coefficient (Wildman–Crippen LogP) is 4.35. The van der Waals surface area contributed by atoms with Gasteiger partial charge in [0.25, 0.3) is 0 Å². The summed E-state index contributed by atoms with van der Waals surface area (Å²) in [6.07, 6.45) is 2.40. The van der Waals surface area contributed by atoms with E-state index in [4.69, 9.17) is 0 Å². The summed E-state index contributed by atoms with van der Waals surface area (Å²) in [5.74, 6) is 1.75. The van der Waals surface area contributed by atoms with Gasteiger partial charge in [0.2, 0.25) is 0 Å². The van der Waals surface area contributed by atoms with Crippen molar-refractivity contribution in [1.82, 2.24) is 14.8 Å². The lowest BCUT2D eigenvalue weighted by molar-refractivity contribution is 0.0994. The maximum atomic E-state index is 12.7. The number of ketones is 1. The Morgan fingerprint density at radius 1 is 1.21 bits per heavy atom. The molecule has 3 rings (SSSR count). The second kappa shape index (κ2) is 6.36. The molecule has 0 amide bonds. The molecule has 1 fully saturated rings. The number of carbonyl (C=O) groups is 1. The number of hydrogen-bond acceptors (Lipinski definition) is 4. The fraction of sp³-hybridized carbons (Fsp3) is 0.526. The predicted molar refractivity (Wildman–Crippen MR) is 97.8 cm³/mol. The molecular weight excluding hydrogens is 318 g/mol. The van der Waals surface area contributed by atoms with E-state index in [2.05, 4.69) is 43.1 Å². The Morgan fingerprint density at radius 2 is 1.83 bits per heavy atom. The molecule has 1 aromatic carbocycles. The van der Waals surface area contributed by atoms with Gasteiger partial charge in [-0.3, -0.25) is 4.79 Å². The lowest BCUT2D eigenvalue weighted by Crippen LogP contribution is -2.16. The highest BCUT2D eigenvalue weighted by molar-refractivity contribution is 8.00. The highest BCUT2D eigenvalue weighted by atomic mass is 32.2. The molecule has 1 aliphatic rings. The van der Waals surface area contributed by atoms with Crippen LogP contribution in [0.3, 0.4) is 0 Å². The second-order valence-electron chi connectivity index (χ2n) is 7.63. The van der Waals surface area contributed by atoms with Crippen LogP contribution in [0.25, 0.3) is 0 Å². The quantitative estimate of drug-likeness (QED) is 0.598. The van der Waals surface area contributed by atoms with E-state index in [1.165, 1.54) is 30.2 Å². The Bertz CT molecular complexity index is 739. The molecule has 0 unspecified atom stereocenters. The summed E-state index contributed by atoms with van der Waals surface area (Å²) in [5.41, 5.74) is 2.09. The summed E-state index contributed by atoms with van der Waals surface area (Å²) in [5, 5.41) is 9.19. The molecular formula is C19H25N3OS. The van der Waals surface area contributed by atoms with Gasteiger partial charge in [0, 0.05) is 18.5 Å². The van der Waals surface area contributed by atoms with Crippen molar-refractivity contribution in [2.24, 2.45) is 7.05 Å². The van der Waals surface area contributed by atoms with Crippen LogP contribution >= 0.6 is 11.8 Å². The van der Waals surface area contributed by atoms with Gasteiger partial charge in [-0.15, -0.1) is 10.2 Å². The number of carbonyl (C=O) groups excluding carboxylic acids is 1. The number of Topliss-reactive ketones (excluding diaryl/α,β-unsaturated/α-hetero) is 1. The molecule has 1 aromatic heterocycles. The number of benzene rings is 1. The summed E-state index contributed by atoms with van der Waals surface area (Å²) < 4.78 is 2.04. The zero-order valence-electron chi connectivity index (χ0n) is 15.0. The average molecular weight is 343 g/mol. The van der Waals surface area contributed by atoms with E-state index >= 15 is 0 Å². The summed E-state index contributed by atoms with van der Waals surface area (Å²) in [7, 11) is 1.99. The van der Waals surface area contributed by atoms with Crippen LogP contribution in [0.15, 0.2) is 29.4 Å². The molecule has 1 atom stereocenters. The normalized spacial score (nSPS) is 16.2. The number of rotatable bonds is 5. The van der Waals surface area contributed by atoms with Crippen LogP contribution in [0.1, 0.15) is 68.2 Å². The fourth-order valence-electron chi connectivity index (χ4n) is 2.71. The van der Waals surface area contributed by atoms with E-state index in [1.54, 1.807) is 0 Å². The molecule has 0 radical (unpaired) electrons. The third kappa shape index (κ3) is 3.56. The number of aromatic nitrogens is 3. The Balaban J connectivity index is 1.70. The zero-order chi connectivity index (χ0) is 17.5. The number of nitrogens with zero attached hydrogens (tertiary/aromatic N) is 3. The fourth-order valence-corrected chi connectivity index (χ4v) is 3.61. The zero-order valence-corrected chi connectivity index (χ0v) is 15.9. The van der Waals surface area contributed by atoms with E-state index in [1.807, 2.05) is 30.7 Å². The van der Waals surface area contributed by atoms with Gasteiger partial charge < -0.3 is 4.57 Å². The molecule has 24 heavy (non-hydrogen) atoms. The number of thioether (sulfide) groups is 1. The molecule has 0 N–H and O–H groups in total. The third-order valence-corrected chi connectivity index (χ3v) is 5.63. The molecule has 1 aliphatic carbocycles. The molecule has 2 aromatic rings. The van der Waals surface area contributed by atoms with E-state index in [0.717, 1.165) is 16.5 Å². The summed E-state index contributed by atoms with van der Waals surface area (Å²) in [4.78, 5) is 12.7. The van der Waals surface area contributed by atoms with E-state index in [-0.39, 0.29) is 16.4 Å². The molecule has 1 saturated carbocycles. The molecule has 0 bridgehead atoms. The lowest BCUT2D eigenvalue weighted by atomic mass is 9.86. The van der Waals surface area contributed by atoms with Gasteiger partial charge in [-0.1, -0.05) is 56.8 Å². The minimum Gasteiger partial charge on any atom is -0.309 e. The van der Waals surface area contributed by atoms with Gasteiger partial charge in [-0.2, -0.15) is 0 Å². The number of hydrogen-bond donors (Lipinski definition) is 0. The first-order chi connectivity index (χ1) is 11.3. The first-order valence-corrected chi connectivity index (χ1v) is 9.36. The standard InChI is InChI=1S/C19H25N3OS/c1-12(24-18-21-20-17(22(18)5)14-6-7-14)16(23)13-8-10-15(11-9-13)19(2,3)4/h8-12,14H,6-7H2,1-5H3/t12-/m0/s1. The van der Waals surface area contributed by atoms with Gasteiger partial charge in [-0.05, 0) is 30.7 Å². The molecule has 0 saturated heterocycles. The first kappa shape index (κ1) is 17.2. The van der Waals surface area contributed by atoms with Gasteiger partial charge in [0.05, 0.1) is 5.25 Å². The maximum absolute atomic E-state index is 12.7. The highest BCUT2D eigenvalue weighted by Crippen LogP contribution is 2.40. The summed E-state index contributed by atoms with van der Waals surface area (Å²) in [6.45, 7) is 8.46. The van der Waals surface area contributed by atoms with Crippen molar-refractivity contribution in [2.75, 3.05) is 0 Å². The van der Waals surface area contributed by atoms with E-state index < -0.39 is 0 Å². The van der Waals surface area contributed by atoms with Crippen LogP contribution < -0.4 is 0 Å². The topological polar surface area (TPSA) is 47.8 Å². The molecule has 1 heterocycles. The van der Waals surface area contributed by atoms with Crippen LogP contribution in [-0.4, -0.2) is 25.8 Å². The summed E-state index contributed by atoms with van der Waals surface area (Å²) in [6, 6.07) is 7.98. The van der Waals surface area contributed by atoms with Crippen molar-refractivity contribution < 1.29 is 4.79 Å². The van der Waals surface area contributed by atoms with Gasteiger partial charge in [0.15, 0.2) is 10.9 Å². The Labute approximate surface area is 148 Å². The Hall–Kier alpha value is -1.62. The minimum atomic E-state index is -0.180. The SMILES string of the molecule is C[C@H](Sc1nnc(C2CC2)n1C)C(=O)c1ccc(C(C)(C)C)cc1. The van der Waals surface area contributed by atoms with E-state index in [0.29, 0.717) is 5.92 Å². The van der Waals surface area contributed by atoms with Crippen molar-refractivity contribution in [2.45, 2.75) is 62.3 Å². The van der Waals surface area contributed by atoms with Crippen molar-refractivity contribution in [1.29, 1.82) is 0 Å². The molecule has 0 aliphatic heterocycles. The van der Waals surface area contributed by atoms with Crippen LogP contribution in [0.2, 0.25) is 0 Å². The van der Waals surface area contributed by atoms with Crippen LogP contribution in [-0.2, 0) is 12.5 Å². The van der Waals surface area contributed by atoms with Crippen molar-refractivity contribution in [3.8, 4) is 0 Å². The monoisotopic (exact) mass is 343 g/mol. The van der Waals surface area contributed by atoms with Crippen LogP contribution in [0, 0.1) is 0 Å². The Morgan fingerprint density at radius 3 is 2.38 bits per heavy atom. The maximum Gasteiger partial charge on any atom is 0.191 e. The average Bonchev–Trinajstić information content (AvgIpc) is 3.31. The first-order valence-electron chi connectivity index (χ1n) is 8.48. The van der Waals surface area contributed by atoms with Crippen molar-refractivity contribution in [3.63, 3.8) is 0 Å². The van der Waals surface area contributed by atoms with Gasteiger partial charge >= 0.3 is 0 Å². The molecule has 5 heteroatoms. The van der Waals surface area contributed by atoms with Gasteiger partial charge in [0.1, 0.15) is 5.82 Å². The third-order valence-electron chi connectivity index (χ3n) is 4.50. The minimum absolute atomic E-state index is 0.0970. The smallest absolute Gasteiger partial charge is 0.191 e.